The minimum absolute atomic E-state index is 0.0337. The molecular weight excluding hydrogens is 318 g/mol. The van der Waals surface area contributed by atoms with Gasteiger partial charge in [0.2, 0.25) is 11.8 Å². The van der Waals surface area contributed by atoms with Gasteiger partial charge in [0.05, 0.1) is 5.92 Å². The van der Waals surface area contributed by atoms with Gasteiger partial charge in [-0.1, -0.05) is 19.1 Å². The zero-order chi connectivity index (χ0) is 18.4. The first kappa shape index (κ1) is 19.0. The molecule has 6 nitrogen and oxygen atoms in total. The van der Waals surface area contributed by atoms with Crippen LogP contribution in [0.4, 0.5) is 0 Å². The van der Waals surface area contributed by atoms with E-state index in [4.69, 9.17) is 0 Å². The maximum atomic E-state index is 12.3. The summed E-state index contributed by atoms with van der Waals surface area (Å²) in [5.74, 6) is -0.475. The van der Waals surface area contributed by atoms with Gasteiger partial charge in [-0.15, -0.1) is 0 Å². The lowest BCUT2D eigenvalue weighted by molar-refractivity contribution is -0.128. The Morgan fingerprint density at radius 3 is 2.72 bits per heavy atom. The standard InChI is InChI=1S/C19H27N3O3/c1-4-13(3)21-19(25)15-8-6-7-14(9-15)11-20-18(24)16-10-17(23)22(5-2)12-16/h6-9,13,16H,4-5,10-12H2,1-3H3,(H,20,24)(H,21,25)/t13-,16-/m0/s1. The highest BCUT2D eigenvalue weighted by Crippen LogP contribution is 2.17. The summed E-state index contributed by atoms with van der Waals surface area (Å²) in [4.78, 5) is 37.9. The summed E-state index contributed by atoms with van der Waals surface area (Å²) in [5.41, 5.74) is 1.45. The van der Waals surface area contributed by atoms with Crippen molar-refractivity contribution in [3.05, 3.63) is 35.4 Å². The van der Waals surface area contributed by atoms with Gasteiger partial charge in [0.1, 0.15) is 0 Å². The minimum Gasteiger partial charge on any atom is -0.352 e. The third-order valence-corrected chi connectivity index (χ3v) is 4.61. The highest BCUT2D eigenvalue weighted by Gasteiger charge is 2.33. The molecule has 0 radical (unpaired) electrons. The number of rotatable bonds is 7. The van der Waals surface area contributed by atoms with Crippen molar-refractivity contribution in [3.8, 4) is 0 Å². The molecule has 3 amide bonds. The van der Waals surface area contributed by atoms with Crippen molar-refractivity contribution < 1.29 is 14.4 Å². The van der Waals surface area contributed by atoms with Crippen LogP contribution in [0.25, 0.3) is 0 Å². The molecule has 25 heavy (non-hydrogen) atoms. The predicted octanol–water partition coefficient (Wildman–Crippen LogP) is 1.70. The second kappa shape index (κ2) is 8.65. The van der Waals surface area contributed by atoms with Crippen LogP contribution in [0.2, 0.25) is 0 Å². The molecule has 1 aromatic rings. The number of hydrogen-bond acceptors (Lipinski definition) is 3. The van der Waals surface area contributed by atoms with Crippen LogP contribution in [-0.4, -0.2) is 41.8 Å². The first-order valence-electron chi connectivity index (χ1n) is 8.89. The van der Waals surface area contributed by atoms with Crippen molar-refractivity contribution in [3.63, 3.8) is 0 Å². The van der Waals surface area contributed by atoms with E-state index >= 15 is 0 Å². The average Bonchev–Trinajstić information content (AvgIpc) is 3.00. The Morgan fingerprint density at radius 2 is 2.08 bits per heavy atom. The smallest absolute Gasteiger partial charge is 0.251 e. The molecule has 1 aromatic carbocycles. The molecule has 0 saturated carbocycles. The molecule has 2 atom stereocenters. The number of amides is 3. The normalized spacial score (nSPS) is 18.1. The third-order valence-electron chi connectivity index (χ3n) is 4.61. The van der Waals surface area contributed by atoms with E-state index in [1.165, 1.54) is 0 Å². The zero-order valence-corrected chi connectivity index (χ0v) is 15.2. The Balaban J connectivity index is 1.91. The minimum atomic E-state index is -0.288. The average molecular weight is 345 g/mol. The van der Waals surface area contributed by atoms with Gasteiger partial charge in [-0.3, -0.25) is 14.4 Å². The van der Waals surface area contributed by atoms with Crippen LogP contribution in [0, 0.1) is 5.92 Å². The van der Waals surface area contributed by atoms with Crippen LogP contribution < -0.4 is 10.6 Å². The highest BCUT2D eigenvalue weighted by molar-refractivity contribution is 5.94. The molecule has 1 saturated heterocycles. The molecule has 1 aliphatic heterocycles. The summed E-state index contributed by atoms with van der Waals surface area (Å²) in [7, 11) is 0. The van der Waals surface area contributed by atoms with E-state index in [9.17, 15) is 14.4 Å². The number of nitrogens with one attached hydrogen (secondary N) is 2. The van der Waals surface area contributed by atoms with Crippen molar-refractivity contribution in [2.24, 2.45) is 5.92 Å². The van der Waals surface area contributed by atoms with Gasteiger partial charge in [-0.2, -0.15) is 0 Å². The summed E-state index contributed by atoms with van der Waals surface area (Å²) in [5, 5.41) is 5.80. The van der Waals surface area contributed by atoms with Crippen molar-refractivity contribution >= 4 is 17.7 Å². The van der Waals surface area contributed by atoms with Gasteiger partial charge in [0.15, 0.2) is 0 Å². The summed E-state index contributed by atoms with van der Waals surface area (Å²) >= 11 is 0. The molecule has 136 valence electrons. The van der Waals surface area contributed by atoms with Gasteiger partial charge in [-0.25, -0.2) is 0 Å². The fourth-order valence-corrected chi connectivity index (χ4v) is 2.82. The maximum absolute atomic E-state index is 12.3. The lowest BCUT2D eigenvalue weighted by atomic mass is 10.1. The van der Waals surface area contributed by atoms with Crippen LogP contribution in [0.15, 0.2) is 24.3 Å². The topological polar surface area (TPSA) is 78.5 Å². The Labute approximate surface area is 149 Å². The fourth-order valence-electron chi connectivity index (χ4n) is 2.82. The quantitative estimate of drug-likeness (QED) is 0.789. The molecule has 2 rings (SSSR count). The second-order valence-corrected chi connectivity index (χ2v) is 6.53. The molecular formula is C19H27N3O3. The Morgan fingerprint density at radius 1 is 1.32 bits per heavy atom. The first-order chi connectivity index (χ1) is 11.9. The van der Waals surface area contributed by atoms with Crippen molar-refractivity contribution in [2.45, 2.75) is 46.2 Å². The van der Waals surface area contributed by atoms with Crippen LogP contribution in [0.3, 0.4) is 0 Å². The molecule has 2 N–H and O–H groups in total. The lowest BCUT2D eigenvalue weighted by Crippen LogP contribution is -2.33. The van der Waals surface area contributed by atoms with E-state index in [2.05, 4.69) is 10.6 Å². The number of carbonyl (C=O) groups excluding carboxylic acids is 3. The molecule has 1 aliphatic rings. The van der Waals surface area contributed by atoms with Crippen molar-refractivity contribution in [1.82, 2.24) is 15.5 Å². The maximum Gasteiger partial charge on any atom is 0.251 e. The summed E-state index contributed by atoms with van der Waals surface area (Å²) < 4.78 is 0. The van der Waals surface area contributed by atoms with E-state index < -0.39 is 0 Å². The van der Waals surface area contributed by atoms with Gasteiger partial charge in [0.25, 0.3) is 5.91 Å². The predicted molar refractivity (Wildman–Crippen MR) is 95.9 cm³/mol. The van der Waals surface area contributed by atoms with Crippen molar-refractivity contribution in [1.29, 1.82) is 0 Å². The van der Waals surface area contributed by atoms with Crippen LogP contribution in [0.5, 0.6) is 0 Å². The van der Waals surface area contributed by atoms with Gasteiger partial charge >= 0.3 is 0 Å². The number of hydrogen-bond donors (Lipinski definition) is 2. The fraction of sp³-hybridized carbons (Fsp3) is 0.526. The summed E-state index contributed by atoms with van der Waals surface area (Å²) in [6.45, 7) is 7.36. The first-order valence-corrected chi connectivity index (χ1v) is 8.89. The van der Waals surface area contributed by atoms with Crippen LogP contribution in [0.1, 0.15) is 49.5 Å². The van der Waals surface area contributed by atoms with E-state index in [1.54, 1.807) is 17.0 Å². The summed E-state index contributed by atoms with van der Waals surface area (Å²) in [6.07, 6.45) is 1.15. The lowest BCUT2D eigenvalue weighted by Gasteiger charge is -2.14. The molecule has 0 aromatic heterocycles. The Hall–Kier alpha value is -2.37. The molecule has 0 bridgehead atoms. The van der Waals surface area contributed by atoms with Gasteiger partial charge in [0, 0.05) is 37.7 Å². The third kappa shape index (κ3) is 5.05. The molecule has 0 aliphatic carbocycles. The Kier molecular flexibility index (Phi) is 6.56. The SMILES string of the molecule is CC[C@H](C)NC(=O)c1cccc(CNC(=O)[C@H]2CC(=O)N(CC)C2)c1. The number of benzene rings is 1. The number of carbonyl (C=O) groups is 3. The molecule has 0 unspecified atom stereocenters. The number of likely N-dealkylation sites (tertiary alicyclic amines) is 1. The van der Waals surface area contributed by atoms with E-state index in [-0.39, 0.29) is 36.1 Å². The number of nitrogens with zero attached hydrogens (tertiary/aromatic N) is 1. The highest BCUT2D eigenvalue weighted by atomic mass is 16.2. The van der Waals surface area contributed by atoms with E-state index in [1.807, 2.05) is 32.9 Å². The molecule has 6 heteroatoms. The van der Waals surface area contributed by atoms with Gasteiger partial charge < -0.3 is 15.5 Å². The molecule has 1 fully saturated rings. The van der Waals surface area contributed by atoms with Crippen LogP contribution >= 0.6 is 0 Å². The van der Waals surface area contributed by atoms with Crippen molar-refractivity contribution in [2.75, 3.05) is 13.1 Å². The van der Waals surface area contributed by atoms with Gasteiger partial charge in [-0.05, 0) is 38.0 Å². The van der Waals surface area contributed by atoms with E-state index in [0.717, 1.165) is 12.0 Å². The molecule has 1 heterocycles. The summed E-state index contributed by atoms with van der Waals surface area (Å²) in [6, 6.07) is 7.36. The largest absolute Gasteiger partial charge is 0.352 e. The second-order valence-electron chi connectivity index (χ2n) is 6.53. The monoisotopic (exact) mass is 345 g/mol. The Bertz CT molecular complexity index is 645. The van der Waals surface area contributed by atoms with Crippen LogP contribution in [-0.2, 0) is 16.1 Å². The van der Waals surface area contributed by atoms with E-state index in [0.29, 0.717) is 25.2 Å². The zero-order valence-electron chi connectivity index (χ0n) is 15.2. The molecule has 0 spiro atoms.